The van der Waals surface area contributed by atoms with Gasteiger partial charge in [-0.2, -0.15) is 0 Å². The van der Waals surface area contributed by atoms with E-state index < -0.39 is 29.1 Å². The van der Waals surface area contributed by atoms with Crippen LogP contribution in [0.15, 0.2) is 16.6 Å². The molecule has 1 aliphatic carbocycles. The lowest BCUT2D eigenvalue weighted by molar-refractivity contribution is -0.144. The van der Waals surface area contributed by atoms with Gasteiger partial charge in [0.25, 0.3) is 5.91 Å². The molecule has 0 N–H and O–H groups in total. The number of hydrogen-bond acceptors (Lipinski definition) is 3. The zero-order valence-electron chi connectivity index (χ0n) is 11.4. The first-order valence-corrected chi connectivity index (χ1v) is 7.34. The predicted molar refractivity (Wildman–Crippen MR) is 74.7 cm³/mol. The first-order valence-electron chi connectivity index (χ1n) is 6.55. The zero-order valence-corrected chi connectivity index (χ0v) is 13.0. The Kier molecular flexibility index (Phi) is 4.92. The third kappa shape index (κ3) is 3.78. The van der Waals surface area contributed by atoms with Gasteiger partial charge < -0.3 is 9.64 Å². The van der Waals surface area contributed by atoms with E-state index in [2.05, 4.69) is 15.9 Å². The van der Waals surface area contributed by atoms with Crippen molar-refractivity contribution in [2.75, 3.05) is 13.2 Å². The van der Waals surface area contributed by atoms with Gasteiger partial charge in [-0.3, -0.25) is 9.59 Å². The molecule has 114 valence electrons. The van der Waals surface area contributed by atoms with E-state index in [-0.39, 0.29) is 23.7 Å². The van der Waals surface area contributed by atoms with Crippen molar-refractivity contribution in [3.63, 3.8) is 0 Å². The van der Waals surface area contributed by atoms with Crippen LogP contribution in [-0.2, 0) is 9.53 Å². The minimum atomic E-state index is -0.957. The summed E-state index contributed by atoms with van der Waals surface area (Å²) in [6.45, 7) is 1.54. The van der Waals surface area contributed by atoms with Gasteiger partial charge in [0.2, 0.25) is 0 Å². The highest BCUT2D eigenvalue weighted by Gasteiger charge is 2.36. The fourth-order valence-corrected chi connectivity index (χ4v) is 2.39. The van der Waals surface area contributed by atoms with Gasteiger partial charge in [-0.25, -0.2) is 8.78 Å². The van der Waals surface area contributed by atoms with Crippen LogP contribution in [0, 0.1) is 11.6 Å². The van der Waals surface area contributed by atoms with Crippen LogP contribution in [0.4, 0.5) is 8.78 Å². The summed E-state index contributed by atoms with van der Waals surface area (Å²) in [5, 5.41) is 0. The lowest BCUT2D eigenvalue weighted by Crippen LogP contribution is -2.39. The highest BCUT2D eigenvalue weighted by atomic mass is 79.9. The molecule has 2 rings (SSSR count). The van der Waals surface area contributed by atoms with Gasteiger partial charge >= 0.3 is 5.97 Å². The first-order chi connectivity index (χ1) is 9.93. The molecule has 0 aliphatic heterocycles. The Morgan fingerprint density at radius 2 is 1.90 bits per heavy atom. The highest BCUT2D eigenvalue weighted by molar-refractivity contribution is 9.10. The van der Waals surface area contributed by atoms with Gasteiger partial charge in [-0.15, -0.1) is 0 Å². The van der Waals surface area contributed by atoms with Crippen molar-refractivity contribution in [1.29, 1.82) is 0 Å². The number of benzene rings is 1. The van der Waals surface area contributed by atoms with Crippen LogP contribution in [-0.4, -0.2) is 36.0 Å². The van der Waals surface area contributed by atoms with Gasteiger partial charge in [-0.1, -0.05) is 15.9 Å². The molecule has 7 heteroatoms. The molecule has 4 nitrogen and oxygen atoms in total. The smallest absolute Gasteiger partial charge is 0.325 e. The summed E-state index contributed by atoms with van der Waals surface area (Å²) in [6.07, 6.45) is 1.43. The van der Waals surface area contributed by atoms with Crippen molar-refractivity contribution in [3.05, 3.63) is 33.8 Å². The van der Waals surface area contributed by atoms with Crippen LogP contribution in [0.5, 0.6) is 0 Å². The van der Waals surface area contributed by atoms with E-state index in [1.807, 2.05) is 0 Å². The Morgan fingerprint density at radius 1 is 1.33 bits per heavy atom. The summed E-state index contributed by atoms with van der Waals surface area (Å²) in [5.41, 5.74) is -0.644. The number of amides is 1. The molecule has 1 aromatic rings. The monoisotopic (exact) mass is 361 g/mol. The lowest BCUT2D eigenvalue weighted by atomic mass is 10.1. The molecule has 21 heavy (non-hydrogen) atoms. The van der Waals surface area contributed by atoms with E-state index in [1.165, 1.54) is 4.90 Å². The van der Waals surface area contributed by atoms with E-state index in [0.29, 0.717) is 12.8 Å². The van der Waals surface area contributed by atoms with E-state index in [1.54, 1.807) is 6.92 Å². The van der Waals surface area contributed by atoms with Crippen LogP contribution in [0.3, 0.4) is 0 Å². The van der Waals surface area contributed by atoms with Crippen LogP contribution in [0.1, 0.15) is 30.1 Å². The number of halogens is 3. The van der Waals surface area contributed by atoms with Crippen molar-refractivity contribution >= 4 is 27.8 Å². The third-order valence-corrected chi connectivity index (χ3v) is 3.53. The van der Waals surface area contributed by atoms with Crippen molar-refractivity contribution in [2.45, 2.75) is 25.8 Å². The first kappa shape index (κ1) is 15.9. The maximum absolute atomic E-state index is 13.9. The highest BCUT2D eigenvalue weighted by Crippen LogP contribution is 2.30. The largest absolute Gasteiger partial charge is 0.465 e. The van der Waals surface area contributed by atoms with Gasteiger partial charge in [0.05, 0.1) is 6.61 Å². The molecule has 0 bridgehead atoms. The SMILES string of the molecule is CCOC(=O)CN(C(=O)c1c(F)cc(Br)cc1F)C1CC1. The van der Waals surface area contributed by atoms with Gasteiger partial charge in [0.1, 0.15) is 23.7 Å². The van der Waals surface area contributed by atoms with Crippen molar-refractivity contribution < 1.29 is 23.1 Å². The molecule has 1 aliphatic rings. The van der Waals surface area contributed by atoms with E-state index in [9.17, 15) is 18.4 Å². The Morgan fingerprint density at radius 3 is 2.38 bits per heavy atom. The predicted octanol–water partition coefficient (Wildman–Crippen LogP) is 2.90. The molecule has 1 aromatic carbocycles. The van der Waals surface area contributed by atoms with Gasteiger partial charge in [-0.05, 0) is 31.9 Å². The Hall–Kier alpha value is -1.50. The van der Waals surface area contributed by atoms with Crippen molar-refractivity contribution in [1.82, 2.24) is 4.90 Å². The summed E-state index contributed by atoms with van der Waals surface area (Å²) in [5.74, 6) is -3.33. The molecule has 0 spiro atoms. The molecule has 0 radical (unpaired) electrons. The fourth-order valence-electron chi connectivity index (χ4n) is 1.99. The average molecular weight is 362 g/mol. The molecular formula is C14H14BrF2NO3. The Bertz CT molecular complexity index is 552. The zero-order chi connectivity index (χ0) is 15.6. The molecule has 1 amide bonds. The minimum Gasteiger partial charge on any atom is -0.465 e. The summed E-state index contributed by atoms with van der Waals surface area (Å²) in [6, 6.07) is 1.88. The molecule has 0 aromatic heterocycles. The Balaban J connectivity index is 2.25. The fraction of sp³-hybridized carbons (Fsp3) is 0.429. The van der Waals surface area contributed by atoms with Crippen LogP contribution >= 0.6 is 15.9 Å². The summed E-state index contributed by atoms with van der Waals surface area (Å²) in [7, 11) is 0. The number of esters is 1. The summed E-state index contributed by atoms with van der Waals surface area (Å²) >= 11 is 2.96. The second-order valence-electron chi connectivity index (χ2n) is 4.71. The molecule has 0 unspecified atom stereocenters. The topological polar surface area (TPSA) is 46.6 Å². The molecule has 0 saturated heterocycles. The van der Waals surface area contributed by atoms with Gasteiger partial charge in [0.15, 0.2) is 0 Å². The number of carbonyl (C=O) groups is 2. The lowest BCUT2D eigenvalue weighted by Gasteiger charge is -2.22. The second-order valence-corrected chi connectivity index (χ2v) is 5.63. The van der Waals surface area contributed by atoms with Crippen LogP contribution < -0.4 is 0 Å². The molecule has 0 heterocycles. The Labute approximate surface area is 129 Å². The van der Waals surface area contributed by atoms with E-state index in [0.717, 1.165) is 12.1 Å². The quantitative estimate of drug-likeness (QED) is 0.757. The van der Waals surface area contributed by atoms with Crippen LogP contribution in [0.25, 0.3) is 0 Å². The standard InChI is InChI=1S/C14H14BrF2NO3/c1-2-21-12(19)7-18(9-3-4-9)14(20)13-10(16)5-8(15)6-11(13)17/h5-6,9H,2-4,7H2,1H3. The maximum Gasteiger partial charge on any atom is 0.325 e. The number of carbonyl (C=O) groups excluding carboxylic acids is 2. The summed E-state index contributed by atoms with van der Waals surface area (Å²) in [4.78, 5) is 25.1. The van der Waals surface area contributed by atoms with Crippen molar-refractivity contribution in [2.24, 2.45) is 0 Å². The maximum atomic E-state index is 13.9. The number of hydrogen-bond donors (Lipinski definition) is 0. The molecule has 1 saturated carbocycles. The second kappa shape index (κ2) is 6.51. The molecule has 1 fully saturated rings. The number of ether oxygens (including phenoxy) is 1. The summed E-state index contributed by atoms with van der Waals surface area (Å²) < 4.78 is 32.7. The van der Waals surface area contributed by atoms with E-state index in [4.69, 9.17) is 4.74 Å². The third-order valence-electron chi connectivity index (χ3n) is 3.07. The minimum absolute atomic E-state index is 0.163. The van der Waals surface area contributed by atoms with Crippen LogP contribution in [0.2, 0.25) is 0 Å². The van der Waals surface area contributed by atoms with Crippen molar-refractivity contribution in [3.8, 4) is 0 Å². The number of rotatable bonds is 5. The average Bonchev–Trinajstić information content (AvgIpc) is 3.19. The molecule has 0 atom stereocenters. The van der Waals surface area contributed by atoms with E-state index >= 15 is 0 Å². The molecular weight excluding hydrogens is 348 g/mol. The normalized spacial score (nSPS) is 13.9. The number of nitrogens with zero attached hydrogens (tertiary/aromatic N) is 1. The van der Waals surface area contributed by atoms with Gasteiger partial charge in [0, 0.05) is 10.5 Å².